The van der Waals surface area contributed by atoms with E-state index in [1.165, 1.54) is 0 Å². The molecule has 0 fully saturated rings. The molecule has 2 aromatic rings. The minimum Gasteiger partial charge on any atom is -0.493 e. The molecular formula is C28H36O4. The summed E-state index contributed by atoms with van der Waals surface area (Å²) in [4.78, 5) is 12.7. The Labute approximate surface area is 192 Å². The molecule has 0 aliphatic rings. The fraction of sp³-hybridized carbons (Fsp3) is 0.393. The van der Waals surface area contributed by atoms with E-state index in [2.05, 4.69) is 41.2 Å². The molecular weight excluding hydrogens is 400 g/mol. The fourth-order valence-electron chi connectivity index (χ4n) is 3.24. The Hall–Kier alpha value is -3.01. The van der Waals surface area contributed by atoms with E-state index in [-0.39, 0.29) is 11.2 Å². The number of ether oxygens (including phenoxy) is 3. The van der Waals surface area contributed by atoms with Gasteiger partial charge in [0.15, 0.2) is 5.78 Å². The molecule has 0 aliphatic carbocycles. The van der Waals surface area contributed by atoms with Gasteiger partial charge in [-0.1, -0.05) is 53.3 Å². The van der Waals surface area contributed by atoms with Crippen molar-refractivity contribution < 1.29 is 19.0 Å². The number of carbonyl (C=O) groups excluding carboxylic acids is 1. The van der Waals surface area contributed by atoms with Crippen LogP contribution in [0.5, 0.6) is 17.2 Å². The van der Waals surface area contributed by atoms with Gasteiger partial charge < -0.3 is 14.2 Å². The predicted molar refractivity (Wildman–Crippen MR) is 132 cm³/mol. The van der Waals surface area contributed by atoms with Crippen LogP contribution in [-0.4, -0.2) is 25.6 Å². The first-order chi connectivity index (χ1) is 15.3. The van der Waals surface area contributed by atoms with Crippen LogP contribution in [0.4, 0.5) is 0 Å². The number of hydrogen-bond acceptors (Lipinski definition) is 4. The summed E-state index contributed by atoms with van der Waals surface area (Å²) in [5.41, 5.74) is 2.38. The van der Waals surface area contributed by atoms with E-state index >= 15 is 0 Å². The van der Waals surface area contributed by atoms with Gasteiger partial charge in [-0.15, -0.1) is 0 Å². The molecule has 0 bridgehead atoms. The van der Waals surface area contributed by atoms with Gasteiger partial charge in [-0.3, -0.25) is 4.79 Å². The van der Waals surface area contributed by atoms with E-state index in [1.807, 2.05) is 18.2 Å². The van der Waals surface area contributed by atoms with Crippen molar-refractivity contribution in [2.24, 2.45) is 0 Å². The fourth-order valence-corrected chi connectivity index (χ4v) is 3.24. The first-order valence-corrected chi connectivity index (χ1v) is 11.3. The average molecular weight is 437 g/mol. The molecule has 172 valence electrons. The maximum absolute atomic E-state index is 12.7. The number of carbonyl (C=O) groups is 1. The summed E-state index contributed by atoms with van der Waals surface area (Å²) in [5.74, 6) is 2.25. The van der Waals surface area contributed by atoms with E-state index in [4.69, 9.17) is 14.2 Å². The minimum atomic E-state index is -0.139. The lowest BCUT2D eigenvalue weighted by atomic mass is 9.84. The highest BCUT2D eigenvalue weighted by Gasteiger charge is 2.25. The van der Waals surface area contributed by atoms with Crippen LogP contribution in [0.3, 0.4) is 0 Å². The topological polar surface area (TPSA) is 44.8 Å². The Kier molecular flexibility index (Phi) is 9.58. The van der Waals surface area contributed by atoms with Crippen LogP contribution in [0.25, 0.3) is 6.08 Å². The van der Waals surface area contributed by atoms with Crippen LogP contribution in [0.1, 0.15) is 68.9 Å². The number of benzene rings is 2. The Balaban J connectivity index is 2.33. The molecule has 0 saturated carbocycles. The zero-order chi connectivity index (χ0) is 23.6. The molecule has 32 heavy (non-hydrogen) atoms. The van der Waals surface area contributed by atoms with Crippen molar-refractivity contribution in [2.75, 3.05) is 19.8 Å². The van der Waals surface area contributed by atoms with E-state index in [0.717, 1.165) is 35.5 Å². The summed E-state index contributed by atoms with van der Waals surface area (Å²) in [6.45, 7) is 16.0. The molecule has 0 radical (unpaired) electrons. The lowest BCUT2D eigenvalue weighted by Crippen LogP contribution is -2.16. The molecule has 0 aromatic heterocycles. The molecule has 2 rings (SSSR count). The second-order valence-corrected chi connectivity index (χ2v) is 8.66. The van der Waals surface area contributed by atoms with Crippen molar-refractivity contribution in [1.29, 1.82) is 0 Å². The second kappa shape index (κ2) is 12.1. The third-order valence-corrected chi connectivity index (χ3v) is 4.70. The molecule has 0 unspecified atom stereocenters. The van der Waals surface area contributed by atoms with Gasteiger partial charge in [0.1, 0.15) is 23.9 Å². The Bertz CT molecular complexity index is 888. The van der Waals surface area contributed by atoms with E-state index in [1.54, 1.807) is 36.4 Å². The number of allylic oxidation sites excluding steroid dienone is 1. The molecule has 0 N–H and O–H groups in total. The monoisotopic (exact) mass is 436 g/mol. The zero-order valence-electron chi connectivity index (χ0n) is 20.1. The highest BCUT2D eigenvalue weighted by molar-refractivity contribution is 6.06. The largest absolute Gasteiger partial charge is 0.493 e. The lowest BCUT2D eigenvalue weighted by Gasteiger charge is -2.26. The van der Waals surface area contributed by atoms with E-state index in [0.29, 0.717) is 31.1 Å². The molecule has 0 heterocycles. The maximum Gasteiger partial charge on any atom is 0.185 e. The van der Waals surface area contributed by atoms with Crippen LogP contribution in [0, 0.1) is 0 Å². The van der Waals surface area contributed by atoms with Crippen molar-refractivity contribution in [2.45, 2.75) is 52.9 Å². The second-order valence-electron chi connectivity index (χ2n) is 8.66. The van der Waals surface area contributed by atoms with Gasteiger partial charge in [0, 0.05) is 11.1 Å². The van der Waals surface area contributed by atoms with Crippen LogP contribution in [0.15, 0.2) is 55.1 Å². The summed E-state index contributed by atoms with van der Waals surface area (Å²) >= 11 is 0. The Morgan fingerprint density at radius 3 is 1.97 bits per heavy atom. The predicted octanol–water partition coefficient (Wildman–Crippen LogP) is 7.02. The summed E-state index contributed by atoms with van der Waals surface area (Å²) < 4.78 is 17.7. The third kappa shape index (κ3) is 7.30. The van der Waals surface area contributed by atoms with Crippen LogP contribution in [-0.2, 0) is 5.41 Å². The maximum atomic E-state index is 12.7. The Morgan fingerprint density at radius 2 is 1.50 bits per heavy atom. The standard InChI is InChI=1S/C28H36O4/c1-7-16-30-23-13-11-22(12-14-23)24(29)15-10-21-19-25(31-17-8-2)27(28(4,5)6)26(20-21)32-18-9-3/h7,10-15,19-20H,1,8-9,16-18H2,2-6H3. The smallest absolute Gasteiger partial charge is 0.185 e. The molecule has 0 spiro atoms. The molecule has 0 aliphatic heterocycles. The minimum absolute atomic E-state index is 0.0766. The third-order valence-electron chi connectivity index (χ3n) is 4.70. The lowest BCUT2D eigenvalue weighted by molar-refractivity contribution is 0.104. The summed E-state index contributed by atoms with van der Waals surface area (Å²) in [7, 11) is 0. The number of hydrogen-bond donors (Lipinski definition) is 0. The molecule has 4 nitrogen and oxygen atoms in total. The van der Waals surface area contributed by atoms with Gasteiger partial charge in [-0.2, -0.15) is 0 Å². The van der Waals surface area contributed by atoms with Gasteiger partial charge in [-0.05, 0) is 66.3 Å². The molecule has 2 aromatic carbocycles. The van der Waals surface area contributed by atoms with Gasteiger partial charge >= 0.3 is 0 Å². The molecule has 4 heteroatoms. The highest BCUT2D eigenvalue weighted by atomic mass is 16.5. The van der Waals surface area contributed by atoms with Gasteiger partial charge in [0.05, 0.1) is 13.2 Å². The van der Waals surface area contributed by atoms with E-state index in [9.17, 15) is 4.79 Å². The highest BCUT2D eigenvalue weighted by Crippen LogP contribution is 2.40. The SMILES string of the molecule is C=CCOc1ccc(C(=O)C=Cc2cc(OCCC)c(C(C)(C)C)c(OCCC)c2)cc1. The molecule has 0 amide bonds. The van der Waals surface area contributed by atoms with Gasteiger partial charge in [0.25, 0.3) is 0 Å². The van der Waals surface area contributed by atoms with Crippen molar-refractivity contribution >= 4 is 11.9 Å². The number of ketones is 1. The van der Waals surface area contributed by atoms with Crippen molar-refractivity contribution in [3.8, 4) is 17.2 Å². The van der Waals surface area contributed by atoms with Crippen molar-refractivity contribution in [3.05, 3.63) is 71.8 Å². The molecule has 0 atom stereocenters. The zero-order valence-corrected chi connectivity index (χ0v) is 20.1. The first kappa shape index (κ1) is 25.3. The van der Waals surface area contributed by atoms with Crippen molar-refractivity contribution in [1.82, 2.24) is 0 Å². The average Bonchev–Trinajstić information content (AvgIpc) is 2.77. The van der Waals surface area contributed by atoms with Gasteiger partial charge in [-0.25, -0.2) is 0 Å². The van der Waals surface area contributed by atoms with Crippen LogP contribution in [0.2, 0.25) is 0 Å². The van der Waals surface area contributed by atoms with Gasteiger partial charge in [0.2, 0.25) is 0 Å². The van der Waals surface area contributed by atoms with Crippen LogP contribution < -0.4 is 14.2 Å². The molecule has 0 saturated heterocycles. The van der Waals surface area contributed by atoms with Crippen LogP contribution >= 0.6 is 0 Å². The summed E-state index contributed by atoms with van der Waals surface area (Å²) in [6.07, 6.45) is 6.91. The van der Waals surface area contributed by atoms with Crippen molar-refractivity contribution in [3.63, 3.8) is 0 Å². The number of rotatable bonds is 12. The van der Waals surface area contributed by atoms with E-state index < -0.39 is 0 Å². The first-order valence-electron chi connectivity index (χ1n) is 11.3. The quantitative estimate of drug-likeness (QED) is 0.204. The Morgan fingerprint density at radius 1 is 0.938 bits per heavy atom. The normalized spacial score (nSPS) is 11.4. The summed E-state index contributed by atoms with van der Waals surface area (Å²) in [5, 5.41) is 0. The summed E-state index contributed by atoms with van der Waals surface area (Å²) in [6, 6.07) is 11.1.